The SMILES string of the molecule is O=C(NC1CCC(C(=O)O)CC1)NC1(Cc2ccccc2)CC1. The van der Waals surface area contributed by atoms with E-state index in [-0.39, 0.29) is 23.5 Å². The first kappa shape index (κ1) is 15.8. The second kappa shape index (κ2) is 6.60. The Morgan fingerprint density at radius 1 is 1.09 bits per heavy atom. The quantitative estimate of drug-likeness (QED) is 0.781. The summed E-state index contributed by atoms with van der Waals surface area (Å²) >= 11 is 0. The third-order valence-corrected chi connectivity index (χ3v) is 5.03. The van der Waals surface area contributed by atoms with Gasteiger partial charge in [0.15, 0.2) is 0 Å². The highest BCUT2D eigenvalue weighted by molar-refractivity contribution is 5.76. The van der Waals surface area contributed by atoms with Crippen LogP contribution < -0.4 is 10.6 Å². The van der Waals surface area contributed by atoms with Gasteiger partial charge in [-0.3, -0.25) is 4.79 Å². The number of benzene rings is 1. The fraction of sp³-hybridized carbons (Fsp3) is 0.556. The molecule has 0 aliphatic heterocycles. The summed E-state index contributed by atoms with van der Waals surface area (Å²) in [4.78, 5) is 23.2. The van der Waals surface area contributed by atoms with Gasteiger partial charge >= 0.3 is 12.0 Å². The van der Waals surface area contributed by atoms with Gasteiger partial charge in [0, 0.05) is 11.6 Å². The average Bonchev–Trinajstić information content (AvgIpc) is 3.27. The maximum Gasteiger partial charge on any atom is 0.315 e. The Bertz CT molecular complexity index is 561. The molecule has 0 radical (unpaired) electrons. The molecule has 124 valence electrons. The maximum atomic E-state index is 12.2. The zero-order valence-electron chi connectivity index (χ0n) is 13.3. The molecule has 0 spiro atoms. The van der Waals surface area contributed by atoms with Gasteiger partial charge in [0.25, 0.3) is 0 Å². The molecule has 0 bridgehead atoms. The molecular formula is C18H24N2O3. The minimum atomic E-state index is -0.715. The van der Waals surface area contributed by atoms with Crippen molar-refractivity contribution in [3.63, 3.8) is 0 Å². The average molecular weight is 316 g/mol. The summed E-state index contributed by atoms with van der Waals surface area (Å²) in [5.41, 5.74) is 1.15. The molecule has 3 N–H and O–H groups in total. The Morgan fingerprint density at radius 2 is 1.74 bits per heavy atom. The largest absolute Gasteiger partial charge is 0.481 e. The number of hydrogen-bond donors (Lipinski definition) is 3. The van der Waals surface area contributed by atoms with Crippen molar-refractivity contribution in [1.29, 1.82) is 0 Å². The number of nitrogens with one attached hydrogen (secondary N) is 2. The van der Waals surface area contributed by atoms with E-state index in [9.17, 15) is 9.59 Å². The minimum absolute atomic E-state index is 0.0935. The molecule has 2 amide bonds. The highest BCUT2D eigenvalue weighted by Crippen LogP contribution is 2.38. The Kier molecular flexibility index (Phi) is 4.55. The van der Waals surface area contributed by atoms with E-state index in [1.807, 2.05) is 18.2 Å². The van der Waals surface area contributed by atoms with Gasteiger partial charge in [0.1, 0.15) is 0 Å². The third-order valence-electron chi connectivity index (χ3n) is 5.03. The van der Waals surface area contributed by atoms with Crippen molar-refractivity contribution < 1.29 is 14.7 Å². The Hall–Kier alpha value is -2.04. The molecule has 0 saturated heterocycles. The van der Waals surface area contributed by atoms with Crippen LogP contribution in [0.25, 0.3) is 0 Å². The van der Waals surface area contributed by atoms with Crippen LogP contribution in [-0.4, -0.2) is 28.7 Å². The van der Waals surface area contributed by atoms with Gasteiger partial charge in [-0.1, -0.05) is 30.3 Å². The molecule has 23 heavy (non-hydrogen) atoms. The van der Waals surface area contributed by atoms with Crippen molar-refractivity contribution in [2.75, 3.05) is 0 Å². The van der Waals surface area contributed by atoms with E-state index in [0.717, 1.165) is 32.1 Å². The Morgan fingerprint density at radius 3 is 2.30 bits per heavy atom. The van der Waals surface area contributed by atoms with Crippen LogP contribution in [0.2, 0.25) is 0 Å². The van der Waals surface area contributed by atoms with Crippen LogP contribution in [0.15, 0.2) is 30.3 Å². The molecule has 0 atom stereocenters. The third kappa shape index (κ3) is 4.24. The molecule has 1 aromatic rings. The smallest absolute Gasteiger partial charge is 0.315 e. The van der Waals surface area contributed by atoms with Crippen LogP contribution in [0.5, 0.6) is 0 Å². The molecule has 0 aromatic heterocycles. The van der Waals surface area contributed by atoms with Crippen LogP contribution in [0.3, 0.4) is 0 Å². The lowest BCUT2D eigenvalue weighted by Gasteiger charge is -2.28. The van der Waals surface area contributed by atoms with Gasteiger partial charge in [0.2, 0.25) is 0 Å². The van der Waals surface area contributed by atoms with Crippen LogP contribution in [0, 0.1) is 5.92 Å². The number of amides is 2. The number of carbonyl (C=O) groups excluding carboxylic acids is 1. The standard InChI is InChI=1S/C18H24N2O3/c21-16(22)14-6-8-15(9-7-14)19-17(23)20-18(10-11-18)12-13-4-2-1-3-5-13/h1-5,14-15H,6-12H2,(H,21,22)(H2,19,20,23). The van der Waals surface area contributed by atoms with Gasteiger partial charge in [-0.15, -0.1) is 0 Å². The van der Waals surface area contributed by atoms with Gasteiger partial charge in [0.05, 0.1) is 5.92 Å². The second-order valence-corrected chi connectivity index (χ2v) is 6.93. The molecule has 2 fully saturated rings. The lowest BCUT2D eigenvalue weighted by molar-refractivity contribution is -0.142. The maximum absolute atomic E-state index is 12.2. The lowest BCUT2D eigenvalue weighted by Crippen LogP contribution is -2.49. The van der Waals surface area contributed by atoms with Crippen LogP contribution in [0.1, 0.15) is 44.1 Å². The van der Waals surface area contributed by atoms with Crippen LogP contribution in [-0.2, 0) is 11.2 Å². The van der Waals surface area contributed by atoms with Crippen LogP contribution >= 0.6 is 0 Å². The van der Waals surface area contributed by atoms with E-state index in [1.54, 1.807) is 0 Å². The van der Waals surface area contributed by atoms with E-state index in [1.165, 1.54) is 5.56 Å². The van der Waals surface area contributed by atoms with E-state index in [2.05, 4.69) is 22.8 Å². The highest BCUT2D eigenvalue weighted by Gasteiger charge is 2.44. The highest BCUT2D eigenvalue weighted by atomic mass is 16.4. The minimum Gasteiger partial charge on any atom is -0.481 e. The summed E-state index contributed by atoms with van der Waals surface area (Å²) in [5, 5.41) is 15.2. The van der Waals surface area contributed by atoms with Gasteiger partial charge in [-0.25, -0.2) is 4.79 Å². The van der Waals surface area contributed by atoms with E-state index in [0.29, 0.717) is 12.8 Å². The zero-order valence-corrected chi connectivity index (χ0v) is 13.3. The monoisotopic (exact) mass is 316 g/mol. The molecule has 5 heteroatoms. The normalized spacial score (nSPS) is 25.4. The number of aliphatic carboxylic acids is 1. The summed E-state index contributed by atoms with van der Waals surface area (Å²) in [6.07, 6.45) is 5.69. The molecule has 1 aromatic carbocycles. The number of hydrogen-bond acceptors (Lipinski definition) is 2. The zero-order chi connectivity index (χ0) is 16.3. The molecule has 3 rings (SSSR count). The van der Waals surface area contributed by atoms with Gasteiger partial charge in [-0.2, -0.15) is 0 Å². The number of urea groups is 1. The number of rotatable bonds is 5. The molecule has 2 aliphatic rings. The number of carbonyl (C=O) groups is 2. The molecule has 2 saturated carbocycles. The summed E-state index contributed by atoms with van der Waals surface area (Å²) in [6.45, 7) is 0. The van der Waals surface area contributed by atoms with E-state index in [4.69, 9.17) is 5.11 Å². The molecule has 0 unspecified atom stereocenters. The summed E-state index contributed by atoms with van der Waals surface area (Å²) in [6, 6.07) is 10.2. The summed E-state index contributed by atoms with van der Waals surface area (Å²) in [7, 11) is 0. The predicted molar refractivity (Wildman–Crippen MR) is 87.2 cm³/mol. The lowest BCUT2D eigenvalue weighted by atomic mass is 9.86. The van der Waals surface area contributed by atoms with Crippen molar-refractivity contribution in [2.24, 2.45) is 5.92 Å². The summed E-state index contributed by atoms with van der Waals surface area (Å²) < 4.78 is 0. The van der Waals surface area contributed by atoms with Crippen molar-refractivity contribution in [3.05, 3.63) is 35.9 Å². The fourth-order valence-corrected chi connectivity index (χ4v) is 3.43. The molecular weight excluding hydrogens is 292 g/mol. The Labute approximate surface area is 136 Å². The first-order valence-corrected chi connectivity index (χ1v) is 8.42. The first-order valence-electron chi connectivity index (χ1n) is 8.42. The number of carboxylic acid groups (broad SMARTS) is 1. The van der Waals surface area contributed by atoms with E-state index < -0.39 is 5.97 Å². The topological polar surface area (TPSA) is 78.4 Å². The van der Waals surface area contributed by atoms with Crippen LogP contribution in [0.4, 0.5) is 4.79 Å². The van der Waals surface area contributed by atoms with Gasteiger partial charge in [-0.05, 0) is 50.5 Å². The van der Waals surface area contributed by atoms with E-state index >= 15 is 0 Å². The van der Waals surface area contributed by atoms with Crippen molar-refractivity contribution in [2.45, 2.75) is 56.5 Å². The first-order chi connectivity index (χ1) is 11.1. The predicted octanol–water partition coefficient (Wildman–Crippen LogP) is 2.70. The molecule has 0 heterocycles. The molecule has 5 nitrogen and oxygen atoms in total. The molecule has 2 aliphatic carbocycles. The second-order valence-electron chi connectivity index (χ2n) is 6.93. The fourth-order valence-electron chi connectivity index (χ4n) is 3.43. The van der Waals surface area contributed by atoms with Crippen molar-refractivity contribution >= 4 is 12.0 Å². The Balaban J connectivity index is 1.46. The van der Waals surface area contributed by atoms with Crippen molar-refractivity contribution in [1.82, 2.24) is 10.6 Å². The summed E-state index contributed by atoms with van der Waals surface area (Å²) in [5.74, 6) is -0.961. The number of carboxylic acids is 1. The van der Waals surface area contributed by atoms with Crippen molar-refractivity contribution in [3.8, 4) is 0 Å². The van der Waals surface area contributed by atoms with Gasteiger partial charge < -0.3 is 15.7 Å².